The van der Waals surface area contributed by atoms with Gasteiger partial charge in [-0.1, -0.05) is 17.3 Å². The minimum absolute atomic E-state index is 0.296. The van der Waals surface area contributed by atoms with Crippen molar-refractivity contribution >= 4 is 22.7 Å². The Balaban J connectivity index is 1.90. The Labute approximate surface area is 105 Å². The molecular weight excluding hydrogens is 228 g/mol. The molecule has 0 saturated carbocycles. The van der Waals surface area contributed by atoms with Crippen LogP contribution >= 0.6 is 0 Å². The summed E-state index contributed by atoms with van der Waals surface area (Å²) in [6.45, 7) is 2.96. The molecule has 2 aromatic rings. The summed E-state index contributed by atoms with van der Waals surface area (Å²) in [5.74, 6) is 0.903. The first-order valence-corrected chi connectivity index (χ1v) is 6.19. The zero-order chi connectivity index (χ0) is 12.5. The zero-order valence-corrected chi connectivity index (χ0v) is 10.3. The largest absolute Gasteiger partial charge is 0.411 e. The number of nitrogens with zero attached hydrogens (tertiary/aromatic N) is 3. The summed E-state index contributed by atoms with van der Waals surface area (Å²) < 4.78 is 0. The standard InChI is InChI=1S/C13H16N4O/c1-9-8-10(16-18)6-7-17(9)13-14-11-4-2-3-5-12(11)15-13/h2-5,9,18H,6-8H2,1H3,(H,14,15). The Morgan fingerprint density at radius 3 is 3.00 bits per heavy atom. The van der Waals surface area contributed by atoms with E-state index >= 15 is 0 Å². The second-order valence-electron chi connectivity index (χ2n) is 4.74. The number of benzene rings is 1. The lowest BCUT2D eigenvalue weighted by molar-refractivity contribution is 0.314. The Morgan fingerprint density at radius 1 is 1.44 bits per heavy atom. The summed E-state index contributed by atoms with van der Waals surface area (Å²) in [4.78, 5) is 10.2. The SMILES string of the molecule is CC1CC(=NO)CCN1c1nc2ccccc2[nH]1. The number of oxime groups is 1. The van der Waals surface area contributed by atoms with Crippen molar-refractivity contribution in [2.24, 2.45) is 5.16 Å². The van der Waals surface area contributed by atoms with Crippen LogP contribution < -0.4 is 4.90 Å². The van der Waals surface area contributed by atoms with Gasteiger partial charge in [0.2, 0.25) is 5.95 Å². The van der Waals surface area contributed by atoms with Crippen LogP contribution in [0.15, 0.2) is 29.4 Å². The first-order valence-electron chi connectivity index (χ1n) is 6.19. The topological polar surface area (TPSA) is 64.5 Å². The number of para-hydroxylation sites is 2. The maximum Gasteiger partial charge on any atom is 0.204 e. The number of fused-ring (bicyclic) bond motifs is 1. The molecule has 0 aliphatic carbocycles. The van der Waals surface area contributed by atoms with Crippen LogP contribution in [-0.2, 0) is 0 Å². The van der Waals surface area contributed by atoms with Gasteiger partial charge in [0, 0.05) is 25.4 Å². The van der Waals surface area contributed by atoms with Crippen molar-refractivity contribution in [2.45, 2.75) is 25.8 Å². The van der Waals surface area contributed by atoms with Gasteiger partial charge < -0.3 is 15.1 Å². The summed E-state index contributed by atoms with van der Waals surface area (Å²) in [7, 11) is 0. The fourth-order valence-corrected chi connectivity index (χ4v) is 2.50. The van der Waals surface area contributed by atoms with Crippen LogP contribution in [0.5, 0.6) is 0 Å². The van der Waals surface area contributed by atoms with E-state index in [4.69, 9.17) is 5.21 Å². The maximum absolute atomic E-state index is 8.83. The first kappa shape index (κ1) is 11.1. The van der Waals surface area contributed by atoms with Crippen molar-refractivity contribution in [2.75, 3.05) is 11.4 Å². The van der Waals surface area contributed by atoms with Crippen LogP contribution in [0, 0.1) is 0 Å². The highest BCUT2D eigenvalue weighted by atomic mass is 16.4. The van der Waals surface area contributed by atoms with Crippen LogP contribution in [0.25, 0.3) is 11.0 Å². The van der Waals surface area contributed by atoms with Gasteiger partial charge in [-0.3, -0.25) is 0 Å². The average molecular weight is 244 g/mol. The third-order valence-electron chi connectivity index (χ3n) is 3.49. The molecule has 5 nitrogen and oxygen atoms in total. The number of piperidine rings is 1. The van der Waals surface area contributed by atoms with E-state index in [1.807, 2.05) is 24.3 Å². The number of nitrogens with one attached hydrogen (secondary N) is 1. The number of aromatic nitrogens is 2. The molecule has 94 valence electrons. The number of aromatic amines is 1. The maximum atomic E-state index is 8.83. The van der Waals surface area contributed by atoms with Crippen molar-refractivity contribution in [3.8, 4) is 0 Å². The number of hydrogen-bond donors (Lipinski definition) is 2. The lowest BCUT2D eigenvalue weighted by Crippen LogP contribution is -2.41. The van der Waals surface area contributed by atoms with E-state index < -0.39 is 0 Å². The summed E-state index contributed by atoms with van der Waals surface area (Å²) in [6, 6.07) is 8.32. The minimum atomic E-state index is 0.296. The molecule has 2 N–H and O–H groups in total. The number of anilines is 1. The molecule has 5 heteroatoms. The van der Waals surface area contributed by atoms with Crippen LogP contribution in [0.3, 0.4) is 0 Å². The van der Waals surface area contributed by atoms with Crippen molar-refractivity contribution < 1.29 is 5.21 Å². The van der Waals surface area contributed by atoms with Crippen molar-refractivity contribution in [3.63, 3.8) is 0 Å². The highest BCUT2D eigenvalue weighted by Gasteiger charge is 2.24. The Hall–Kier alpha value is -2.04. The summed E-state index contributed by atoms with van der Waals surface area (Å²) in [5.41, 5.74) is 2.91. The van der Waals surface area contributed by atoms with E-state index in [1.165, 1.54) is 0 Å². The molecule has 1 unspecified atom stereocenters. The number of imidazole rings is 1. The minimum Gasteiger partial charge on any atom is -0.411 e. The van der Waals surface area contributed by atoms with E-state index in [0.29, 0.717) is 6.04 Å². The molecule has 1 atom stereocenters. The number of H-pyrrole nitrogens is 1. The van der Waals surface area contributed by atoms with E-state index in [1.54, 1.807) is 0 Å². The third-order valence-corrected chi connectivity index (χ3v) is 3.49. The van der Waals surface area contributed by atoms with Crippen molar-refractivity contribution in [1.82, 2.24) is 9.97 Å². The second kappa shape index (κ2) is 4.33. The first-order chi connectivity index (χ1) is 8.78. The van der Waals surface area contributed by atoms with Gasteiger partial charge in [0.15, 0.2) is 0 Å². The van der Waals surface area contributed by atoms with Gasteiger partial charge in [0.05, 0.1) is 16.7 Å². The van der Waals surface area contributed by atoms with Crippen LogP contribution in [0.4, 0.5) is 5.95 Å². The Kier molecular flexibility index (Phi) is 2.66. The van der Waals surface area contributed by atoms with E-state index in [-0.39, 0.29) is 0 Å². The third kappa shape index (κ3) is 1.81. The summed E-state index contributed by atoms with van der Waals surface area (Å²) >= 11 is 0. The summed E-state index contributed by atoms with van der Waals surface area (Å²) in [6.07, 6.45) is 1.57. The van der Waals surface area contributed by atoms with E-state index in [2.05, 4.69) is 26.9 Å². The molecule has 1 aromatic carbocycles. The second-order valence-corrected chi connectivity index (χ2v) is 4.74. The van der Waals surface area contributed by atoms with Gasteiger partial charge in [-0.15, -0.1) is 0 Å². The van der Waals surface area contributed by atoms with E-state index in [9.17, 15) is 0 Å². The molecule has 1 saturated heterocycles. The predicted molar refractivity (Wildman–Crippen MR) is 71.4 cm³/mol. The quantitative estimate of drug-likeness (QED) is 0.598. The predicted octanol–water partition coefficient (Wildman–Crippen LogP) is 2.38. The van der Waals surface area contributed by atoms with Gasteiger partial charge in [0.25, 0.3) is 0 Å². The van der Waals surface area contributed by atoms with Crippen LogP contribution in [0.2, 0.25) is 0 Å². The molecule has 0 radical (unpaired) electrons. The van der Waals surface area contributed by atoms with Gasteiger partial charge in [-0.2, -0.15) is 0 Å². The molecule has 3 rings (SSSR count). The molecule has 1 fully saturated rings. The lowest BCUT2D eigenvalue weighted by Gasteiger charge is -2.33. The van der Waals surface area contributed by atoms with Crippen molar-refractivity contribution in [3.05, 3.63) is 24.3 Å². The van der Waals surface area contributed by atoms with E-state index in [0.717, 1.165) is 42.1 Å². The fourth-order valence-electron chi connectivity index (χ4n) is 2.50. The molecular formula is C13H16N4O. The average Bonchev–Trinajstić information content (AvgIpc) is 2.81. The smallest absolute Gasteiger partial charge is 0.204 e. The number of rotatable bonds is 1. The Bertz CT molecular complexity index is 556. The summed E-state index contributed by atoms with van der Waals surface area (Å²) in [5, 5.41) is 12.2. The van der Waals surface area contributed by atoms with Gasteiger partial charge in [-0.05, 0) is 19.1 Å². The zero-order valence-electron chi connectivity index (χ0n) is 10.3. The fraction of sp³-hybridized carbons (Fsp3) is 0.385. The molecule has 1 aliphatic heterocycles. The molecule has 1 aromatic heterocycles. The van der Waals surface area contributed by atoms with Crippen LogP contribution in [-0.4, -0.2) is 33.5 Å². The van der Waals surface area contributed by atoms with Gasteiger partial charge in [0.1, 0.15) is 0 Å². The molecule has 0 amide bonds. The number of hydrogen-bond acceptors (Lipinski definition) is 4. The highest BCUT2D eigenvalue weighted by molar-refractivity contribution is 5.86. The normalized spacial score (nSPS) is 22.8. The molecule has 0 bridgehead atoms. The highest BCUT2D eigenvalue weighted by Crippen LogP contribution is 2.23. The Morgan fingerprint density at radius 2 is 2.28 bits per heavy atom. The van der Waals surface area contributed by atoms with Crippen LogP contribution in [0.1, 0.15) is 19.8 Å². The molecule has 1 aliphatic rings. The monoisotopic (exact) mass is 244 g/mol. The lowest BCUT2D eigenvalue weighted by atomic mass is 10.0. The molecule has 2 heterocycles. The van der Waals surface area contributed by atoms with Crippen molar-refractivity contribution in [1.29, 1.82) is 0 Å². The molecule has 18 heavy (non-hydrogen) atoms. The molecule has 0 spiro atoms. The van der Waals surface area contributed by atoms with Gasteiger partial charge >= 0.3 is 0 Å². The van der Waals surface area contributed by atoms with Gasteiger partial charge in [-0.25, -0.2) is 4.98 Å².